The fourth-order valence-electron chi connectivity index (χ4n) is 1.37. The Morgan fingerprint density at radius 1 is 1.56 bits per heavy atom. The zero-order chi connectivity index (χ0) is 12.1. The summed E-state index contributed by atoms with van der Waals surface area (Å²) < 4.78 is 5.68. The molecule has 4 heteroatoms. The molecular formula is C12H12BrNO2. The molecule has 0 N–H and O–H groups in total. The summed E-state index contributed by atoms with van der Waals surface area (Å²) >= 11 is 3.39. The zero-order valence-electron chi connectivity index (χ0n) is 9.21. The first-order valence-electron chi connectivity index (χ1n) is 4.93. The first kappa shape index (κ1) is 12.7. The molecule has 3 nitrogen and oxygen atoms in total. The molecule has 16 heavy (non-hydrogen) atoms. The van der Waals surface area contributed by atoms with E-state index in [1.807, 2.05) is 6.92 Å². The van der Waals surface area contributed by atoms with Gasteiger partial charge in [0.15, 0.2) is 0 Å². The molecular weight excluding hydrogens is 270 g/mol. The fraction of sp³-hybridized carbons (Fsp3) is 0.333. The Morgan fingerprint density at radius 3 is 2.81 bits per heavy atom. The van der Waals surface area contributed by atoms with E-state index in [0.717, 1.165) is 15.6 Å². The van der Waals surface area contributed by atoms with Crippen LogP contribution in [0.1, 0.15) is 23.6 Å². The van der Waals surface area contributed by atoms with E-state index in [-0.39, 0.29) is 12.4 Å². The van der Waals surface area contributed by atoms with Gasteiger partial charge < -0.3 is 4.74 Å². The van der Waals surface area contributed by atoms with E-state index in [9.17, 15) is 4.79 Å². The van der Waals surface area contributed by atoms with Crippen molar-refractivity contribution in [2.24, 2.45) is 0 Å². The lowest BCUT2D eigenvalue weighted by atomic mass is 10.0. The highest BCUT2D eigenvalue weighted by Gasteiger charge is 2.11. The van der Waals surface area contributed by atoms with E-state index in [2.05, 4.69) is 22.0 Å². The third kappa shape index (κ3) is 2.83. The van der Waals surface area contributed by atoms with Gasteiger partial charge >= 0.3 is 5.97 Å². The number of benzene rings is 1. The van der Waals surface area contributed by atoms with E-state index in [1.54, 1.807) is 19.1 Å². The molecule has 0 bridgehead atoms. The molecule has 1 aromatic carbocycles. The van der Waals surface area contributed by atoms with Crippen LogP contribution in [-0.2, 0) is 16.0 Å². The maximum atomic E-state index is 11.3. The van der Waals surface area contributed by atoms with Crippen molar-refractivity contribution in [2.45, 2.75) is 20.3 Å². The highest BCUT2D eigenvalue weighted by Crippen LogP contribution is 2.24. The number of rotatable bonds is 3. The lowest BCUT2D eigenvalue weighted by molar-refractivity contribution is -0.142. The SMILES string of the molecule is CCOC(=O)Cc1ccc(C#N)c(C)c1Br. The van der Waals surface area contributed by atoms with Crippen molar-refractivity contribution < 1.29 is 9.53 Å². The van der Waals surface area contributed by atoms with Crippen molar-refractivity contribution in [2.75, 3.05) is 6.61 Å². The zero-order valence-corrected chi connectivity index (χ0v) is 10.8. The molecule has 1 aromatic rings. The molecule has 0 saturated heterocycles. The quantitative estimate of drug-likeness (QED) is 0.801. The largest absolute Gasteiger partial charge is 0.466 e. The molecule has 0 aliphatic carbocycles. The van der Waals surface area contributed by atoms with Gasteiger partial charge in [0.25, 0.3) is 0 Å². The fourth-order valence-corrected chi connectivity index (χ4v) is 1.85. The van der Waals surface area contributed by atoms with Crippen LogP contribution >= 0.6 is 15.9 Å². The summed E-state index contributed by atoms with van der Waals surface area (Å²) in [6.45, 7) is 4.00. The molecule has 0 heterocycles. The number of ether oxygens (including phenoxy) is 1. The number of carbonyl (C=O) groups is 1. The molecule has 0 radical (unpaired) electrons. The van der Waals surface area contributed by atoms with Crippen molar-refractivity contribution in [3.63, 3.8) is 0 Å². The topological polar surface area (TPSA) is 50.1 Å². The van der Waals surface area contributed by atoms with Crippen LogP contribution in [0, 0.1) is 18.3 Å². The van der Waals surface area contributed by atoms with Gasteiger partial charge in [-0.25, -0.2) is 0 Å². The summed E-state index contributed by atoms with van der Waals surface area (Å²) in [7, 11) is 0. The molecule has 0 unspecified atom stereocenters. The molecule has 0 aliphatic heterocycles. The molecule has 0 aliphatic rings. The molecule has 0 aromatic heterocycles. The van der Waals surface area contributed by atoms with Crippen molar-refractivity contribution in [1.29, 1.82) is 5.26 Å². The van der Waals surface area contributed by atoms with E-state index in [4.69, 9.17) is 10.00 Å². The van der Waals surface area contributed by atoms with Crippen LogP contribution in [0.2, 0.25) is 0 Å². The number of nitrogens with zero attached hydrogens (tertiary/aromatic N) is 1. The molecule has 0 atom stereocenters. The summed E-state index contributed by atoms with van der Waals surface area (Å²) in [4.78, 5) is 11.3. The molecule has 0 spiro atoms. The molecule has 84 valence electrons. The average molecular weight is 282 g/mol. The minimum Gasteiger partial charge on any atom is -0.466 e. The Morgan fingerprint density at radius 2 is 2.25 bits per heavy atom. The van der Waals surface area contributed by atoms with Gasteiger partial charge in [0.2, 0.25) is 0 Å². The van der Waals surface area contributed by atoms with Gasteiger partial charge in [0.1, 0.15) is 0 Å². The number of hydrogen-bond acceptors (Lipinski definition) is 3. The number of carbonyl (C=O) groups excluding carboxylic acids is 1. The second-order valence-corrected chi connectivity index (χ2v) is 4.10. The lowest BCUT2D eigenvalue weighted by Crippen LogP contribution is -2.08. The average Bonchev–Trinajstić information content (AvgIpc) is 2.25. The van der Waals surface area contributed by atoms with Gasteiger partial charge in [-0.1, -0.05) is 22.0 Å². The second kappa shape index (κ2) is 5.66. The van der Waals surface area contributed by atoms with Crippen LogP contribution in [0.5, 0.6) is 0 Å². The summed E-state index contributed by atoms with van der Waals surface area (Å²) in [5, 5.41) is 8.84. The van der Waals surface area contributed by atoms with E-state index in [1.165, 1.54) is 0 Å². The standard InChI is InChI=1S/C12H12BrNO2/c1-3-16-11(15)6-9-4-5-10(7-14)8(2)12(9)13/h4-5H,3,6H2,1-2H3. The molecule has 0 fully saturated rings. The lowest BCUT2D eigenvalue weighted by Gasteiger charge is -2.08. The Labute approximate surface area is 103 Å². The first-order chi connectivity index (χ1) is 7.60. The van der Waals surface area contributed by atoms with E-state index >= 15 is 0 Å². The highest BCUT2D eigenvalue weighted by atomic mass is 79.9. The van der Waals surface area contributed by atoms with Gasteiger partial charge in [-0.05, 0) is 31.0 Å². The minimum atomic E-state index is -0.257. The van der Waals surface area contributed by atoms with Gasteiger partial charge in [-0.3, -0.25) is 4.79 Å². The number of nitriles is 1. The van der Waals surface area contributed by atoms with Gasteiger partial charge in [-0.2, -0.15) is 5.26 Å². The number of halogens is 1. The van der Waals surface area contributed by atoms with E-state index in [0.29, 0.717) is 12.2 Å². The summed E-state index contributed by atoms with van der Waals surface area (Å²) in [5.41, 5.74) is 2.30. The highest BCUT2D eigenvalue weighted by molar-refractivity contribution is 9.10. The Hall–Kier alpha value is -1.34. The molecule has 1 rings (SSSR count). The summed E-state index contributed by atoms with van der Waals surface area (Å²) in [5.74, 6) is -0.257. The predicted octanol–water partition coefficient (Wildman–Crippen LogP) is 2.73. The van der Waals surface area contributed by atoms with E-state index < -0.39 is 0 Å². The Kier molecular flexibility index (Phi) is 4.51. The maximum absolute atomic E-state index is 11.3. The monoisotopic (exact) mass is 281 g/mol. The van der Waals surface area contributed by atoms with Crippen LogP contribution in [0.4, 0.5) is 0 Å². The number of hydrogen-bond donors (Lipinski definition) is 0. The van der Waals surface area contributed by atoms with Gasteiger partial charge in [0.05, 0.1) is 24.7 Å². The van der Waals surface area contributed by atoms with Crippen molar-refractivity contribution in [1.82, 2.24) is 0 Å². The van der Waals surface area contributed by atoms with Crippen LogP contribution in [0.25, 0.3) is 0 Å². The van der Waals surface area contributed by atoms with Gasteiger partial charge in [-0.15, -0.1) is 0 Å². The molecule has 0 saturated carbocycles. The number of esters is 1. The third-order valence-corrected chi connectivity index (χ3v) is 3.33. The Balaban J connectivity index is 2.96. The van der Waals surface area contributed by atoms with Crippen molar-refractivity contribution in [3.8, 4) is 6.07 Å². The smallest absolute Gasteiger partial charge is 0.310 e. The van der Waals surface area contributed by atoms with Crippen LogP contribution in [0.3, 0.4) is 0 Å². The summed E-state index contributed by atoms with van der Waals surface area (Å²) in [6, 6.07) is 5.58. The first-order valence-corrected chi connectivity index (χ1v) is 5.73. The normalized spacial score (nSPS) is 9.62. The van der Waals surface area contributed by atoms with Crippen molar-refractivity contribution >= 4 is 21.9 Å². The van der Waals surface area contributed by atoms with Gasteiger partial charge in [0, 0.05) is 4.47 Å². The predicted molar refractivity (Wildman–Crippen MR) is 63.9 cm³/mol. The van der Waals surface area contributed by atoms with Crippen LogP contribution < -0.4 is 0 Å². The minimum absolute atomic E-state index is 0.223. The second-order valence-electron chi connectivity index (χ2n) is 3.30. The summed E-state index contributed by atoms with van der Waals surface area (Å²) in [6.07, 6.45) is 0.223. The van der Waals surface area contributed by atoms with Crippen LogP contribution in [-0.4, -0.2) is 12.6 Å². The Bertz CT molecular complexity index is 449. The third-order valence-electron chi connectivity index (χ3n) is 2.23. The van der Waals surface area contributed by atoms with Crippen LogP contribution in [0.15, 0.2) is 16.6 Å². The molecule has 0 amide bonds. The maximum Gasteiger partial charge on any atom is 0.310 e. The van der Waals surface area contributed by atoms with Crippen molar-refractivity contribution in [3.05, 3.63) is 33.3 Å².